The maximum atomic E-state index is 8.92. The van der Waals surface area contributed by atoms with Gasteiger partial charge in [-0.2, -0.15) is 5.26 Å². The first-order chi connectivity index (χ1) is 11.2. The molecule has 1 aromatic carbocycles. The number of hydrogen-bond donors (Lipinski definition) is 0. The Balaban J connectivity index is 1.64. The molecule has 3 rings (SSSR count). The van der Waals surface area contributed by atoms with Crippen LogP contribution < -0.4 is 0 Å². The molecule has 1 saturated carbocycles. The molecule has 1 saturated heterocycles. The Morgan fingerprint density at radius 1 is 1.17 bits per heavy atom. The van der Waals surface area contributed by atoms with Crippen molar-refractivity contribution < 1.29 is 0 Å². The van der Waals surface area contributed by atoms with Crippen LogP contribution in [0.25, 0.3) is 0 Å². The van der Waals surface area contributed by atoms with E-state index in [1.807, 2.05) is 12.1 Å². The Morgan fingerprint density at radius 2 is 1.91 bits per heavy atom. The smallest absolute Gasteiger partial charge is 0.0991 e. The Morgan fingerprint density at radius 3 is 2.52 bits per heavy atom. The first-order valence-corrected chi connectivity index (χ1v) is 9.11. The first kappa shape index (κ1) is 16.5. The van der Waals surface area contributed by atoms with Gasteiger partial charge in [0.15, 0.2) is 0 Å². The van der Waals surface area contributed by atoms with Crippen molar-refractivity contribution in [3.05, 3.63) is 35.4 Å². The molecule has 3 heteroatoms. The quantitative estimate of drug-likeness (QED) is 0.834. The molecule has 0 N–H and O–H groups in total. The lowest BCUT2D eigenvalue weighted by molar-refractivity contribution is 0.132. The van der Waals surface area contributed by atoms with Crippen LogP contribution in [-0.4, -0.2) is 42.0 Å². The van der Waals surface area contributed by atoms with E-state index in [-0.39, 0.29) is 0 Å². The number of benzene rings is 1. The molecule has 1 aliphatic carbocycles. The Kier molecular flexibility index (Phi) is 5.35. The van der Waals surface area contributed by atoms with Crippen molar-refractivity contribution in [2.75, 3.05) is 26.2 Å². The van der Waals surface area contributed by atoms with Crippen molar-refractivity contribution in [1.29, 1.82) is 5.26 Å². The van der Waals surface area contributed by atoms with Gasteiger partial charge in [-0.1, -0.05) is 26.0 Å². The topological polar surface area (TPSA) is 30.3 Å². The second-order valence-electron chi connectivity index (χ2n) is 7.65. The van der Waals surface area contributed by atoms with Crippen LogP contribution >= 0.6 is 0 Å². The molecule has 1 heterocycles. The van der Waals surface area contributed by atoms with Crippen molar-refractivity contribution in [2.24, 2.45) is 11.8 Å². The standard InChI is InChI=1S/C20H29N3/c1-16(2)20-15-22(10-3-11-23(20)14-19-8-9-19)13-18-6-4-17(12-21)5-7-18/h4-7,16,19-20H,3,8-11,13-15H2,1-2H3. The minimum absolute atomic E-state index is 0.677. The van der Waals surface area contributed by atoms with Gasteiger partial charge in [0.1, 0.15) is 0 Å². The van der Waals surface area contributed by atoms with E-state index in [0.29, 0.717) is 12.0 Å². The summed E-state index contributed by atoms with van der Waals surface area (Å²) in [5.74, 6) is 1.68. The average Bonchev–Trinajstić information content (AvgIpc) is 3.37. The van der Waals surface area contributed by atoms with E-state index in [2.05, 4.69) is 41.8 Å². The largest absolute Gasteiger partial charge is 0.299 e. The summed E-state index contributed by atoms with van der Waals surface area (Å²) in [6.07, 6.45) is 4.15. The highest BCUT2D eigenvalue weighted by Gasteiger charge is 2.31. The fourth-order valence-corrected chi connectivity index (χ4v) is 3.71. The lowest BCUT2D eigenvalue weighted by Crippen LogP contribution is -2.45. The molecule has 23 heavy (non-hydrogen) atoms. The molecule has 1 aliphatic heterocycles. The highest BCUT2D eigenvalue weighted by molar-refractivity contribution is 5.31. The van der Waals surface area contributed by atoms with Crippen molar-refractivity contribution in [1.82, 2.24) is 9.80 Å². The van der Waals surface area contributed by atoms with Gasteiger partial charge in [0.2, 0.25) is 0 Å². The normalized spacial score (nSPS) is 23.7. The predicted molar refractivity (Wildman–Crippen MR) is 94.0 cm³/mol. The summed E-state index contributed by atoms with van der Waals surface area (Å²) in [6.45, 7) is 10.7. The van der Waals surface area contributed by atoms with Crippen LogP contribution in [0, 0.1) is 23.2 Å². The third-order valence-electron chi connectivity index (χ3n) is 5.28. The van der Waals surface area contributed by atoms with Crippen LogP contribution in [0.3, 0.4) is 0 Å². The van der Waals surface area contributed by atoms with Gasteiger partial charge in [-0.25, -0.2) is 0 Å². The third-order valence-corrected chi connectivity index (χ3v) is 5.28. The summed E-state index contributed by atoms with van der Waals surface area (Å²) in [7, 11) is 0. The molecule has 1 aromatic rings. The minimum Gasteiger partial charge on any atom is -0.299 e. The summed E-state index contributed by atoms with van der Waals surface area (Å²) >= 11 is 0. The SMILES string of the molecule is CC(C)C1CN(Cc2ccc(C#N)cc2)CCCN1CC1CC1. The molecule has 2 fully saturated rings. The highest BCUT2D eigenvalue weighted by atomic mass is 15.2. The fraction of sp³-hybridized carbons (Fsp3) is 0.650. The maximum absolute atomic E-state index is 8.92. The number of rotatable bonds is 5. The van der Waals surface area contributed by atoms with Crippen molar-refractivity contribution in [2.45, 2.75) is 45.7 Å². The van der Waals surface area contributed by atoms with E-state index in [9.17, 15) is 0 Å². The summed E-state index contributed by atoms with van der Waals surface area (Å²) < 4.78 is 0. The predicted octanol–water partition coefficient (Wildman–Crippen LogP) is 3.50. The summed E-state index contributed by atoms with van der Waals surface area (Å²) in [5, 5.41) is 8.92. The van der Waals surface area contributed by atoms with Gasteiger partial charge in [-0.3, -0.25) is 9.80 Å². The van der Waals surface area contributed by atoms with Gasteiger partial charge in [-0.15, -0.1) is 0 Å². The Hall–Kier alpha value is -1.37. The zero-order valence-corrected chi connectivity index (χ0v) is 14.5. The number of nitrogens with zero attached hydrogens (tertiary/aromatic N) is 3. The molecule has 124 valence electrons. The molecular weight excluding hydrogens is 282 g/mol. The molecule has 0 aromatic heterocycles. The Bertz CT molecular complexity index is 539. The van der Waals surface area contributed by atoms with E-state index in [0.717, 1.165) is 18.0 Å². The second kappa shape index (κ2) is 7.47. The lowest BCUT2D eigenvalue weighted by atomic mass is 10.0. The molecule has 3 nitrogen and oxygen atoms in total. The molecule has 1 atom stereocenters. The van der Waals surface area contributed by atoms with Crippen molar-refractivity contribution >= 4 is 0 Å². The molecule has 2 aliphatic rings. The lowest BCUT2D eigenvalue weighted by Gasteiger charge is -2.34. The summed E-state index contributed by atoms with van der Waals surface area (Å²) in [5.41, 5.74) is 2.07. The van der Waals surface area contributed by atoms with E-state index in [1.165, 1.54) is 51.0 Å². The van der Waals surface area contributed by atoms with E-state index in [4.69, 9.17) is 5.26 Å². The average molecular weight is 311 g/mol. The van der Waals surface area contributed by atoms with E-state index in [1.54, 1.807) is 0 Å². The molecule has 0 bridgehead atoms. The molecule has 0 radical (unpaired) electrons. The Labute approximate surface area is 140 Å². The molecule has 0 amide bonds. The monoisotopic (exact) mass is 311 g/mol. The third kappa shape index (κ3) is 4.56. The number of hydrogen-bond acceptors (Lipinski definition) is 3. The summed E-state index contributed by atoms with van der Waals surface area (Å²) in [6, 6.07) is 11.0. The van der Waals surface area contributed by atoms with Gasteiger partial charge in [-0.05, 0) is 61.9 Å². The van der Waals surface area contributed by atoms with Crippen molar-refractivity contribution in [3.8, 4) is 6.07 Å². The van der Waals surface area contributed by atoms with Gasteiger partial charge in [0, 0.05) is 25.7 Å². The maximum Gasteiger partial charge on any atom is 0.0991 e. The van der Waals surface area contributed by atoms with Crippen LogP contribution in [0.4, 0.5) is 0 Å². The minimum atomic E-state index is 0.677. The molecule has 0 spiro atoms. The van der Waals surface area contributed by atoms with Gasteiger partial charge >= 0.3 is 0 Å². The van der Waals surface area contributed by atoms with Crippen LogP contribution in [0.5, 0.6) is 0 Å². The van der Waals surface area contributed by atoms with Gasteiger partial charge in [0.25, 0.3) is 0 Å². The first-order valence-electron chi connectivity index (χ1n) is 9.11. The van der Waals surface area contributed by atoms with Crippen LogP contribution in [0.1, 0.15) is 44.2 Å². The molecule has 1 unspecified atom stereocenters. The zero-order valence-electron chi connectivity index (χ0n) is 14.5. The van der Waals surface area contributed by atoms with Crippen LogP contribution in [-0.2, 0) is 6.54 Å². The van der Waals surface area contributed by atoms with Gasteiger partial charge < -0.3 is 0 Å². The summed E-state index contributed by atoms with van der Waals surface area (Å²) in [4.78, 5) is 5.38. The van der Waals surface area contributed by atoms with E-state index < -0.39 is 0 Å². The van der Waals surface area contributed by atoms with Gasteiger partial charge in [0.05, 0.1) is 11.6 Å². The van der Waals surface area contributed by atoms with Crippen LogP contribution in [0.15, 0.2) is 24.3 Å². The van der Waals surface area contributed by atoms with Crippen LogP contribution in [0.2, 0.25) is 0 Å². The fourth-order valence-electron chi connectivity index (χ4n) is 3.71. The zero-order chi connectivity index (χ0) is 16.2. The number of nitriles is 1. The highest BCUT2D eigenvalue weighted by Crippen LogP contribution is 2.32. The van der Waals surface area contributed by atoms with E-state index >= 15 is 0 Å². The van der Waals surface area contributed by atoms with Crippen molar-refractivity contribution in [3.63, 3.8) is 0 Å². The second-order valence-corrected chi connectivity index (χ2v) is 7.65. The molecular formula is C20H29N3.